The van der Waals surface area contributed by atoms with E-state index in [0.717, 1.165) is 18.0 Å². The van der Waals surface area contributed by atoms with Gasteiger partial charge in [-0.05, 0) is 17.7 Å². The summed E-state index contributed by atoms with van der Waals surface area (Å²) < 4.78 is 3.93. The lowest BCUT2D eigenvalue weighted by molar-refractivity contribution is 0.588. The third-order valence-electron chi connectivity index (χ3n) is 3.53. The minimum Gasteiger partial charge on any atom is -0.325 e. The van der Waals surface area contributed by atoms with Gasteiger partial charge in [-0.1, -0.05) is 13.8 Å². The molecule has 0 amide bonds. The van der Waals surface area contributed by atoms with Crippen molar-refractivity contribution in [3.8, 4) is 0 Å². The van der Waals surface area contributed by atoms with Crippen LogP contribution in [-0.2, 0) is 20.1 Å². The smallest absolute Gasteiger partial charge is 0.146 e. The van der Waals surface area contributed by atoms with Crippen molar-refractivity contribution >= 4 is 11.0 Å². The van der Waals surface area contributed by atoms with E-state index in [-0.39, 0.29) is 0 Å². The van der Waals surface area contributed by atoms with Crippen LogP contribution in [0.1, 0.15) is 25.2 Å². The molecule has 0 radical (unpaired) electrons. The first-order valence-corrected chi connectivity index (χ1v) is 7.14. The van der Waals surface area contributed by atoms with Crippen LogP contribution in [0.5, 0.6) is 0 Å². The van der Waals surface area contributed by atoms with E-state index >= 15 is 0 Å². The molecule has 6 heteroatoms. The Morgan fingerprint density at radius 3 is 2.86 bits per heavy atom. The number of rotatable bonds is 5. The van der Waals surface area contributed by atoms with Gasteiger partial charge < -0.3 is 9.88 Å². The first-order valence-electron chi connectivity index (χ1n) is 7.14. The third kappa shape index (κ3) is 2.80. The van der Waals surface area contributed by atoms with E-state index in [0.29, 0.717) is 12.6 Å². The minimum atomic E-state index is 0.457. The Kier molecular flexibility index (Phi) is 3.70. The quantitative estimate of drug-likeness (QED) is 0.775. The summed E-state index contributed by atoms with van der Waals surface area (Å²) in [5.41, 5.74) is 2.25. The van der Waals surface area contributed by atoms with Crippen LogP contribution in [0.3, 0.4) is 0 Å². The van der Waals surface area contributed by atoms with Crippen LogP contribution in [0.25, 0.3) is 11.0 Å². The molecule has 6 nitrogen and oxygen atoms in total. The molecule has 0 aromatic carbocycles. The van der Waals surface area contributed by atoms with Crippen LogP contribution in [0.15, 0.2) is 30.9 Å². The average molecular weight is 284 g/mol. The van der Waals surface area contributed by atoms with Gasteiger partial charge in [0.05, 0.1) is 6.54 Å². The topological polar surface area (TPSA) is 60.6 Å². The SMILES string of the molecule is CC(C)NCc1cn(Cc2ncnn2C)c2ncccc12. The number of pyridine rings is 1. The first kappa shape index (κ1) is 13.8. The highest BCUT2D eigenvalue weighted by Crippen LogP contribution is 2.20. The van der Waals surface area contributed by atoms with E-state index in [1.807, 2.05) is 19.3 Å². The Hall–Kier alpha value is -2.21. The Bertz CT molecular complexity index is 740. The second-order valence-corrected chi connectivity index (χ2v) is 5.49. The second kappa shape index (κ2) is 5.65. The molecule has 3 aromatic heterocycles. The van der Waals surface area contributed by atoms with Crippen molar-refractivity contribution in [1.29, 1.82) is 0 Å². The van der Waals surface area contributed by atoms with Gasteiger partial charge in [0.2, 0.25) is 0 Å². The van der Waals surface area contributed by atoms with Crippen molar-refractivity contribution in [3.05, 3.63) is 42.2 Å². The van der Waals surface area contributed by atoms with Gasteiger partial charge in [-0.3, -0.25) is 4.68 Å². The maximum atomic E-state index is 4.52. The Morgan fingerprint density at radius 2 is 2.14 bits per heavy atom. The van der Waals surface area contributed by atoms with Crippen LogP contribution in [0, 0.1) is 0 Å². The highest BCUT2D eigenvalue weighted by Gasteiger charge is 2.11. The lowest BCUT2D eigenvalue weighted by atomic mass is 10.2. The highest BCUT2D eigenvalue weighted by molar-refractivity contribution is 5.80. The molecule has 3 heterocycles. The number of aryl methyl sites for hydroxylation is 1. The molecular weight excluding hydrogens is 264 g/mol. The summed E-state index contributed by atoms with van der Waals surface area (Å²) in [4.78, 5) is 8.81. The van der Waals surface area contributed by atoms with Crippen LogP contribution in [-0.4, -0.2) is 30.4 Å². The van der Waals surface area contributed by atoms with Crippen LogP contribution >= 0.6 is 0 Å². The van der Waals surface area contributed by atoms with E-state index in [9.17, 15) is 0 Å². The van der Waals surface area contributed by atoms with Crippen molar-refractivity contribution in [2.75, 3.05) is 0 Å². The van der Waals surface area contributed by atoms with E-state index < -0.39 is 0 Å². The zero-order valence-electron chi connectivity index (χ0n) is 12.6. The van der Waals surface area contributed by atoms with Gasteiger partial charge >= 0.3 is 0 Å². The van der Waals surface area contributed by atoms with Gasteiger partial charge in [-0.2, -0.15) is 5.10 Å². The maximum Gasteiger partial charge on any atom is 0.146 e. The molecule has 0 saturated heterocycles. The first-order chi connectivity index (χ1) is 10.1. The van der Waals surface area contributed by atoms with Gasteiger partial charge in [0.15, 0.2) is 0 Å². The molecular formula is C15H20N6. The molecule has 0 aliphatic heterocycles. The fourth-order valence-electron chi connectivity index (χ4n) is 2.39. The number of nitrogens with one attached hydrogen (secondary N) is 1. The van der Waals surface area contributed by atoms with E-state index in [2.05, 4.69) is 51.1 Å². The molecule has 0 atom stereocenters. The van der Waals surface area contributed by atoms with Gasteiger partial charge in [0.25, 0.3) is 0 Å². The predicted molar refractivity (Wildman–Crippen MR) is 81.8 cm³/mol. The van der Waals surface area contributed by atoms with Gasteiger partial charge in [-0.15, -0.1) is 0 Å². The van der Waals surface area contributed by atoms with Crippen LogP contribution in [0.4, 0.5) is 0 Å². The predicted octanol–water partition coefficient (Wildman–Crippen LogP) is 1.71. The largest absolute Gasteiger partial charge is 0.325 e. The summed E-state index contributed by atoms with van der Waals surface area (Å²) in [6.45, 7) is 5.81. The Morgan fingerprint density at radius 1 is 1.29 bits per heavy atom. The van der Waals surface area contributed by atoms with E-state index in [1.54, 1.807) is 11.0 Å². The summed E-state index contributed by atoms with van der Waals surface area (Å²) >= 11 is 0. The van der Waals surface area contributed by atoms with Gasteiger partial charge in [0, 0.05) is 37.4 Å². The van der Waals surface area contributed by atoms with Crippen molar-refractivity contribution < 1.29 is 0 Å². The molecule has 0 fully saturated rings. The number of aromatic nitrogens is 5. The van der Waals surface area contributed by atoms with Crippen molar-refractivity contribution in [2.24, 2.45) is 7.05 Å². The maximum absolute atomic E-state index is 4.52. The molecule has 0 saturated carbocycles. The van der Waals surface area contributed by atoms with Crippen LogP contribution in [0.2, 0.25) is 0 Å². The normalized spacial score (nSPS) is 11.6. The third-order valence-corrected chi connectivity index (χ3v) is 3.53. The molecule has 3 aromatic rings. The molecule has 0 bridgehead atoms. The monoisotopic (exact) mass is 284 g/mol. The number of hydrogen-bond acceptors (Lipinski definition) is 4. The Balaban J connectivity index is 1.96. The number of fused-ring (bicyclic) bond motifs is 1. The molecule has 0 aliphatic rings. The fourth-order valence-corrected chi connectivity index (χ4v) is 2.39. The molecule has 1 N–H and O–H groups in total. The molecule has 0 unspecified atom stereocenters. The van der Waals surface area contributed by atoms with Crippen LogP contribution < -0.4 is 5.32 Å². The summed E-state index contributed by atoms with van der Waals surface area (Å²) in [5, 5.41) is 8.77. The van der Waals surface area contributed by atoms with E-state index in [1.165, 1.54) is 10.9 Å². The van der Waals surface area contributed by atoms with E-state index in [4.69, 9.17) is 0 Å². The average Bonchev–Trinajstić information content (AvgIpc) is 3.02. The standard InChI is InChI=1S/C15H20N6/c1-11(2)17-7-12-8-21(9-14-18-10-19-20(14)3)15-13(12)5-4-6-16-15/h4-6,8,10-11,17H,7,9H2,1-3H3. The molecule has 3 rings (SSSR count). The molecule has 0 aliphatic carbocycles. The minimum absolute atomic E-state index is 0.457. The molecule has 0 spiro atoms. The van der Waals surface area contributed by atoms with Crippen molar-refractivity contribution in [3.63, 3.8) is 0 Å². The van der Waals surface area contributed by atoms with Gasteiger partial charge in [0.1, 0.15) is 17.8 Å². The Labute approximate surface area is 123 Å². The lowest BCUT2D eigenvalue weighted by Gasteiger charge is -2.06. The number of hydrogen-bond donors (Lipinski definition) is 1. The number of nitrogens with zero attached hydrogens (tertiary/aromatic N) is 5. The summed E-state index contributed by atoms with van der Waals surface area (Å²) in [7, 11) is 1.91. The van der Waals surface area contributed by atoms with Gasteiger partial charge in [-0.25, -0.2) is 9.97 Å². The second-order valence-electron chi connectivity index (χ2n) is 5.49. The zero-order valence-corrected chi connectivity index (χ0v) is 12.6. The summed E-state index contributed by atoms with van der Waals surface area (Å²) in [6.07, 6.45) is 5.56. The fraction of sp³-hybridized carbons (Fsp3) is 0.400. The van der Waals surface area contributed by atoms with Crippen molar-refractivity contribution in [1.82, 2.24) is 29.6 Å². The molecule has 21 heavy (non-hydrogen) atoms. The highest BCUT2D eigenvalue weighted by atomic mass is 15.3. The summed E-state index contributed by atoms with van der Waals surface area (Å²) in [6, 6.07) is 4.56. The van der Waals surface area contributed by atoms with Crippen molar-refractivity contribution in [2.45, 2.75) is 33.0 Å². The zero-order chi connectivity index (χ0) is 14.8. The summed E-state index contributed by atoms with van der Waals surface area (Å²) in [5.74, 6) is 0.918. The molecule has 110 valence electrons. The lowest BCUT2D eigenvalue weighted by Crippen LogP contribution is -2.21.